The van der Waals surface area contributed by atoms with Crippen LogP contribution >= 0.6 is 11.6 Å². The summed E-state index contributed by atoms with van der Waals surface area (Å²) in [5.74, 6) is 0.459. The molecule has 26 heavy (non-hydrogen) atoms. The Morgan fingerprint density at radius 1 is 0.923 bits per heavy atom. The Hall–Kier alpha value is -2.17. The molecule has 0 radical (unpaired) electrons. The Kier molecular flexibility index (Phi) is 5.05. The van der Waals surface area contributed by atoms with Crippen molar-refractivity contribution < 1.29 is 0 Å². The number of rotatable bonds is 3. The summed E-state index contributed by atoms with van der Waals surface area (Å²) in [6.07, 6.45) is 9.25. The van der Waals surface area contributed by atoms with Gasteiger partial charge in [-0.05, 0) is 55.5 Å². The topological polar surface area (TPSA) is 67.6 Å². The van der Waals surface area contributed by atoms with E-state index in [1.54, 1.807) is 0 Å². The minimum absolute atomic E-state index is 0.322. The third-order valence-corrected chi connectivity index (χ3v) is 5.55. The fourth-order valence-electron chi connectivity index (χ4n) is 3.90. The van der Waals surface area contributed by atoms with Crippen molar-refractivity contribution in [3.8, 4) is 22.4 Å². The van der Waals surface area contributed by atoms with E-state index in [0.29, 0.717) is 12.0 Å². The van der Waals surface area contributed by atoms with Crippen molar-refractivity contribution in [1.82, 2.24) is 15.2 Å². The molecule has 3 aromatic rings. The van der Waals surface area contributed by atoms with Crippen molar-refractivity contribution in [2.24, 2.45) is 5.73 Å². The monoisotopic (exact) mass is 366 g/mol. The lowest BCUT2D eigenvalue weighted by Gasteiger charge is -2.15. The molecule has 3 N–H and O–H groups in total. The Labute approximate surface area is 158 Å². The second-order valence-electron chi connectivity index (χ2n) is 7.07. The molecule has 1 aromatic carbocycles. The van der Waals surface area contributed by atoms with Gasteiger partial charge >= 0.3 is 0 Å². The van der Waals surface area contributed by atoms with Crippen molar-refractivity contribution in [3.63, 3.8) is 0 Å². The van der Waals surface area contributed by atoms with E-state index in [-0.39, 0.29) is 0 Å². The van der Waals surface area contributed by atoms with E-state index in [9.17, 15) is 0 Å². The minimum Gasteiger partial charge on any atom is -0.328 e. The van der Waals surface area contributed by atoms with Crippen LogP contribution in [0.3, 0.4) is 0 Å². The van der Waals surface area contributed by atoms with Crippen LogP contribution in [0, 0.1) is 0 Å². The average molecular weight is 367 g/mol. The lowest BCUT2D eigenvalue weighted by atomic mass is 9.89. The minimum atomic E-state index is 0.322. The van der Waals surface area contributed by atoms with Crippen LogP contribution in [0.4, 0.5) is 0 Å². The van der Waals surface area contributed by atoms with Crippen molar-refractivity contribution in [2.45, 2.75) is 44.1 Å². The highest BCUT2D eigenvalue weighted by atomic mass is 35.5. The van der Waals surface area contributed by atoms with Crippen molar-refractivity contribution >= 4 is 11.6 Å². The summed E-state index contributed by atoms with van der Waals surface area (Å²) < 4.78 is 0. The Morgan fingerprint density at radius 3 is 2.46 bits per heavy atom. The Bertz CT molecular complexity index is 857. The third-order valence-electron chi connectivity index (χ3n) is 5.30. The van der Waals surface area contributed by atoms with Gasteiger partial charge in [-0.3, -0.25) is 10.1 Å². The van der Waals surface area contributed by atoms with Gasteiger partial charge in [0.1, 0.15) is 5.69 Å². The van der Waals surface area contributed by atoms with E-state index in [1.165, 1.54) is 11.3 Å². The summed E-state index contributed by atoms with van der Waals surface area (Å²) in [4.78, 5) is 4.17. The van der Waals surface area contributed by atoms with E-state index in [4.69, 9.17) is 22.4 Å². The molecule has 0 amide bonds. The maximum Gasteiger partial charge on any atom is 0.100 e. The second kappa shape index (κ2) is 7.60. The molecule has 1 fully saturated rings. The number of nitrogens with two attached hydrogens (primary N) is 1. The first-order valence-corrected chi connectivity index (χ1v) is 9.60. The molecule has 1 saturated carbocycles. The molecule has 0 spiro atoms. The summed E-state index contributed by atoms with van der Waals surface area (Å²) in [6.45, 7) is 0. The number of aromatic nitrogens is 3. The number of nitrogens with one attached hydrogen (secondary N) is 1. The standard InChI is InChI=1S/C21H23ClN4/c22-17-7-4-16(5-8-17)21-19(14-10-12-24-13-11-14)20(25-26-21)15-2-1-3-18(23)9-6-15/h4-5,7-8,10-13,15,18H,1-3,6,9,23H2,(H,25,26). The maximum absolute atomic E-state index is 6.19. The van der Waals surface area contributed by atoms with Gasteiger partial charge in [0, 0.05) is 46.2 Å². The van der Waals surface area contributed by atoms with Crippen LogP contribution in [-0.2, 0) is 0 Å². The Balaban J connectivity index is 1.80. The van der Waals surface area contributed by atoms with Gasteiger partial charge in [-0.2, -0.15) is 5.10 Å². The molecule has 2 atom stereocenters. The lowest BCUT2D eigenvalue weighted by Crippen LogP contribution is -2.18. The second-order valence-corrected chi connectivity index (χ2v) is 7.51. The molecule has 0 bridgehead atoms. The number of benzene rings is 1. The van der Waals surface area contributed by atoms with Gasteiger partial charge < -0.3 is 5.73 Å². The number of pyridine rings is 1. The molecule has 4 nitrogen and oxygen atoms in total. The quantitative estimate of drug-likeness (QED) is 0.628. The van der Waals surface area contributed by atoms with Crippen LogP contribution in [-0.4, -0.2) is 21.2 Å². The molecule has 0 aliphatic heterocycles. The molecular weight excluding hydrogens is 344 g/mol. The van der Waals surface area contributed by atoms with Crippen LogP contribution in [0.2, 0.25) is 5.02 Å². The molecular formula is C21H23ClN4. The average Bonchev–Trinajstić information content (AvgIpc) is 2.99. The van der Waals surface area contributed by atoms with Gasteiger partial charge in [-0.15, -0.1) is 0 Å². The first kappa shape index (κ1) is 17.3. The lowest BCUT2D eigenvalue weighted by molar-refractivity contribution is 0.560. The number of aromatic amines is 1. The predicted molar refractivity (Wildman–Crippen MR) is 106 cm³/mol. The summed E-state index contributed by atoms with van der Waals surface area (Å²) in [5, 5.41) is 8.78. The van der Waals surface area contributed by atoms with E-state index >= 15 is 0 Å². The summed E-state index contributed by atoms with van der Waals surface area (Å²) in [7, 11) is 0. The zero-order valence-corrected chi connectivity index (χ0v) is 15.4. The molecule has 2 unspecified atom stereocenters. The fraction of sp³-hybridized carbons (Fsp3) is 0.333. The molecule has 5 heteroatoms. The maximum atomic E-state index is 6.19. The number of hydrogen-bond donors (Lipinski definition) is 2. The predicted octanol–water partition coefficient (Wildman–Crippen LogP) is 5.17. The Morgan fingerprint density at radius 2 is 1.69 bits per heavy atom. The van der Waals surface area contributed by atoms with Gasteiger partial charge in [0.05, 0.1) is 0 Å². The van der Waals surface area contributed by atoms with Crippen molar-refractivity contribution in [1.29, 1.82) is 0 Å². The summed E-state index contributed by atoms with van der Waals surface area (Å²) >= 11 is 6.07. The van der Waals surface area contributed by atoms with Crippen LogP contribution in [0.25, 0.3) is 22.4 Å². The van der Waals surface area contributed by atoms with Gasteiger partial charge in [-0.1, -0.05) is 30.2 Å². The van der Waals surface area contributed by atoms with Crippen LogP contribution in [0.5, 0.6) is 0 Å². The number of halogens is 1. The molecule has 134 valence electrons. The zero-order valence-electron chi connectivity index (χ0n) is 14.7. The van der Waals surface area contributed by atoms with Crippen LogP contribution in [0.15, 0.2) is 48.8 Å². The molecule has 2 heterocycles. The highest BCUT2D eigenvalue weighted by molar-refractivity contribution is 6.30. The summed E-state index contributed by atoms with van der Waals surface area (Å²) in [6, 6.07) is 12.3. The summed E-state index contributed by atoms with van der Waals surface area (Å²) in [5.41, 5.74) is 11.8. The van der Waals surface area contributed by atoms with Gasteiger partial charge in [0.25, 0.3) is 0 Å². The number of nitrogens with zero attached hydrogens (tertiary/aromatic N) is 2. The fourth-order valence-corrected chi connectivity index (χ4v) is 4.02. The highest BCUT2D eigenvalue weighted by Gasteiger charge is 2.25. The number of hydrogen-bond acceptors (Lipinski definition) is 3. The zero-order chi connectivity index (χ0) is 17.9. The van der Waals surface area contributed by atoms with E-state index < -0.39 is 0 Å². The van der Waals surface area contributed by atoms with E-state index in [2.05, 4.69) is 22.2 Å². The largest absolute Gasteiger partial charge is 0.328 e. The van der Waals surface area contributed by atoms with Gasteiger partial charge in [0.15, 0.2) is 0 Å². The molecule has 0 saturated heterocycles. The van der Waals surface area contributed by atoms with Crippen LogP contribution in [0.1, 0.15) is 43.7 Å². The normalized spacial score (nSPS) is 20.7. The van der Waals surface area contributed by atoms with E-state index in [1.807, 2.05) is 36.7 Å². The van der Waals surface area contributed by atoms with E-state index in [0.717, 1.165) is 53.9 Å². The third kappa shape index (κ3) is 3.53. The van der Waals surface area contributed by atoms with Gasteiger partial charge in [-0.25, -0.2) is 0 Å². The van der Waals surface area contributed by atoms with Crippen LogP contribution < -0.4 is 5.73 Å². The first-order valence-electron chi connectivity index (χ1n) is 9.22. The highest BCUT2D eigenvalue weighted by Crippen LogP contribution is 2.40. The molecule has 2 aromatic heterocycles. The smallest absolute Gasteiger partial charge is 0.100 e. The molecule has 1 aliphatic rings. The SMILES string of the molecule is NC1CCCC(c2[nH]nc(-c3ccc(Cl)cc3)c2-c2ccncc2)CC1. The van der Waals surface area contributed by atoms with Gasteiger partial charge in [0.2, 0.25) is 0 Å². The van der Waals surface area contributed by atoms with Crippen molar-refractivity contribution in [3.05, 3.63) is 59.5 Å². The van der Waals surface area contributed by atoms with Crippen molar-refractivity contribution in [2.75, 3.05) is 0 Å². The number of H-pyrrole nitrogens is 1. The molecule has 1 aliphatic carbocycles. The first-order chi connectivity index (χ1) is 12.7. The molecule has 4 rings (SSSR count).